The number of aromatic nitrogens is 2. The number of carbonyl (C=O) groups is 2. The summed E-state index contributed by atoms with van der Waals surface area (Å²) in [4.78, 5) is 28.5. The average Bonchev–Trinajstić information content (AvgIpc) is 3.28. The lowest BCUT2D eigenvalue weighted by Gasteiger charge is -2.09. The van der Waals surface area contributed by atoms with Gasteiger partial charge in [0, 0.05) is 19.5 Å². The third kappa shape index (κ3) is 4.11. The third-order valence-electron chi connectivity index (χ3n) is 3.96. The molecule has 26 heavy (non-hydrogen) atoms. The fourth-order valence-electron chi connectivity index (χ4n) is 2.75. The summed E-state index contributed by atoms with van der Waals surface area (Å²) in [5.41, 5.74) is 1.87. The minimum Gasteiger partial charge on any atom is -0.459 e. The van der Waals surface area contributed by atoms with Crippen molar-refractivity contribution in [2.45, 2.75) is 32.7 Å². The maximum absolute atomic E-state index is 12.2. The van der Waals surface area contributed by atoms with Crippen molar-refractivity contribution in [3.05, 3.63) is 48.4 Å². The van der Waals surface area contributed by atoms with Crippen LogP contribution in [-0.2, 0) is 11.3 Å². The number of aryl methyl sites for hydroxylation is 1. The molecule has 0 fully saturated rings. The van der Waals surface area contributed by atoms with Crippen LogP contribution in [0.3, 0.4) is 0 Å². The van der Waals surface area contributed by atoms with Crippen LogP contribution < -0.4 is 10.6 Å². The molecule has 2 aromatic heterocycles. The fraction of sp³-hybridized carbons (Fsp3) is 0.316. The zero-order chi connectivity index (χ0) is 18.4. The van der Waals surface area contributed by atoms with Gasteiger partial charge in [0.2, 0.25) is 11.9 Å². The van der Waals surface area contributed by atoms with Crippen molar-refractivity contribution in [3.8, 4) is 0 Å². The molecule has 3 rings (SSSR count). The molecule has 136 valence electrons. The summed E-state index contributed by atoms with van der Waals surface area (Å²) in [6.45, 7) is 3.27. The Morgan fingerprint density at radius 3 is 2.81 bits per heavy atom. The highest BCUT2D eigenvalue weighted by Gasteiger charge is 2.13. The first-order valence-corrected chi connectivity index (χ1v) is 8.76. The Bertz CT molecular complexity index is 883. The van der Waals surface area contributed by atoms with Gasteiger partial charge in [0.05, 0.1) is 17.3 Å². The number of rotatable bonds is 8. The Morgan fingerprint density at radius 2 is 2.04 bits per heavy atom. The highest BCUT2D eigenvalue weighted by atomic mass is 16.3. The van der Waals surface area contributed by atoms with Gasteiger partial charge in [-0.3, -0.25) is 14.9 Å². The Labute approximate surface area is 151 Å². The van der Waals surface area contributed by atoms with Gasteiger partial charge in [-0.25, -0.2) is 4.98 Å². The summed E-state index contributed by atoms with van der Waals surface area (Å²) in [5.74, 6) is 0.436. The standard InChI is InChI=1S/C19H22N4O3/c1-2-12-23-15-8-4-3-7-14(15)21-19(23)22-17(24)10-5-11-20-18(25)16-9-6-13-26-16/h3-4,6-9,13H,2,5,10-12H2,1H3,(H,20,25)(H,21,22,24). The molecule has 7 heteroatoms. The molecule has 0 aliphatic rings. The van der Waals surface area contributed by atoms with Crippen LogP contribution in [0.15, 0.2) is 47.1 Å². The van der Waals surface area contributed by atoms with E-state index in [1.54, 1.807) is 12.1 Å². The van der Waals surface area contributed by atoms with E-state index in [0.717, 1.165) is 24.0 Å². The van der Waals surface area contributed by atoms with Crippen molar-refractivity contribution >= 4 is 28.8 Å². The Morgan fingerprint density at radius 1 is 1.19 bits per heavy atom. The van der Waals surface area contributed by atoms with Crippen LogP contribution in [0.5, 0.6) is 0 Å². The number of nitrogens with zero attached hydrogens (tertiary/aromatic N) is 2. The molecular weight excluding hydrogens is 332 g/mol. The normalized spacial score (nSPS) is 10.8. The Hall–Kier alpha value is -3.09. The number of nitrogens with one attached hydrogen (secondary N) is 2. The number of hydrogen-bond donors (Lipinski definition) is 2. The van der Waals surface area contributed by atoms with E-state index in [9.17, 15) is 9.59 Å². The van der Waals surface area contributed by atoms with Gasteiger partial charge in [-0.1, -0.05) is 19.1 Å². The molecular formula is C19H22N4O3. The van der Waals surface area contributed by atoms with Crippen LogP contribution in [0.1, 0.15) is 36.7 Å². The van der Waals surface area contributed by atoms with Crippen LogP contribution in [0.25, 0.3) is 11.0 Å². The SMILES string of the molecule is CCCn1c(NC(=O)CCCNC(=O)c2ccco2)nc2ccccc21. The van der Waals surface area contributed by atoms with Crippen molar-refractivity contribution < 1.29 is 14.0 Å². The fourth-order valence-corrected chi connectivity index (χ4v) is 2.75. The highest BCUT2D eigenvalue weighted by Crippen LogP contribution is 2.20. The molecule has 0 bridgehead atoms. The summed E-state index contributed by atoms with van der Waals surface area (Å²) in [6.07, 6.45) is 3.23. The van der Waals surface area contributed by atoms with Crippen LogP contribution >= 0.6 is 0 Å². The number of imidazole rings is 1. The predicted octanol–water partition coefficient (Wildman–Crippen LogP) is 3.19. The molecule has 0 saturated carbocycles. The summed E-state index contributed by atoms with van der Waals surface area (Å²) in [7, 11) is 0. The van der Waals surface area contributed by atoms with Gasteiger partial charge in [-0.05, 0) is 37.1 Å². The van der Waals surface area contributed by atoms with E-state index >= 15 is 0 Å². The number of carbonyl (C=O) groups excluding carboxylic acids is 2. The molecule has 0 atom stereocenters. The zero-order valence-corrected chi connectivity index (χ0v) is 14.7. The first kappa shape index (κ1) is 17.7. The molecule has 0 saturated heterocycles. The van der Waals surface area contributed by atoms with E-state index in [-0.39, 0.29) is 17.6 Å². The second-order valence-electron chi connectivity index (χ2n) is 5.96. The molecule has 7 nitrogen and oxygen atoms in total. The van der Waals surface area contributed by atoms with Crippen molar-refractivity contribution in [3.63, 3.8) is 0 Å². The molecule has 1 aromatic carbocycles. The van der Waals surface area contributed by atoms with E-state index in [2.05, 4.69) is 22.5 Å². The highest BCUT2D eigenvalue weighted by molar-refractivity contribution is 5.92. The topological polar surface area (TPSA) is 89.2 Å². The Kier molecular flexibility index (Phi) is 5.68. The average molecular weight is 354 g/mol. The second kappa shape index (κ2) is 8.33. The predicted molar refractivity (Wildman–Crippen MR) is 98.9 cm³/mol. The number of amides is 2. The maximum Gasteiger partial charge on any atom is 0.286 e. The van der Waals surface area contributed by atoms with E-state index in [1.807, 2.05) is 28.8 Å². The van der Waals surface area contributed by atoms with Crippen molar-refractivity contribution in [1.29, 1.82) is 0 Å². The van der Waals surface area contributed by atoms with E-state index in [4.69, 9.17) is 4.42 Å². The molecule has 3 aromatic rings. The van der Waals surface area contributed by atoms with E-state index in [0.29, 0.717) is 25.3 Å². The van der Waals surface area contributed by atoms with Crippen LogP contribution in [0, 0.1) is 0 Å². The molecule has 0 radical (unpaired) electrons. The number of benzene rings is 1. The molecule has 2 amide bonds. The minimum atomic E-state index is -0.278. The van der Waals surface area contributed by atoms with Gasteiger partial charge in [-0.2, -0.15) is 0 Å². The molecule has 0 aliphatic heterocycles. The molecule has 0 unspecified atom stereocenters. The van der Waals surface area contributed by atoms with Crippen LogP contribution in [0.4, 0.5) is 5.95 Å². The van der Waals surface area contributed by atoms with Crippen molar-refractivity contribution in [2.24, 2.45) is 0 Å². The quantitative estimate of drug-likeness (QED) is 0.608. The van der Waals surface area contributed by atoms with Gasteiger partial charge >= 0.3 is 0 Å². The summed E-state index contributed by atoms with van der Waals surface area (Å²) in [5, 5.41) is 5.61. The maximum atomic E-state index is 12.2. The zero-order valence-electron chi connectivity index (χ0n) is 14.7. The number of fused-ring (bicyclic) bond motifs is 1. The lowest BCUT2D eigenvalue weighted by molar-refractivity contribution is -0.116. The van der Waals surface area contributed by atoms with Crippen LogP contribution in [0.2, 0.25) is 0 Å². The first-order chi connectivity index (χ1) is 12.7. The minimum absolute atomic E-state index is 0.120. The van der Waals surface area contributed by atoms with Gasteiger partial charge in [-0.15, -0.1) is 0 Å². The lowest BCUT2D eigenvalue weighted by atomic mass is 10.3. The van der Waals surface area contributed by atoms with Crippen molar-refractivity contribution in [2.75, 3.05) is 11.9 Å². The number of furan rings is 1. The van der Waals surface area contributed by atoms with Gasteiger partial charge in [0.25, 0.3) is 5.91 Å². The van der Waals surface area contributed by atoms with Gasteiger partial charge in [0.15, 0.2) is 5.76 Å². The number of para-hydroxylation sites is 2. The number of hydrogen-bond acceptors (Lipinski definition) is 4. The smallest absolute Gasteiger partial charge is 0.286 e. The van der Waals surface area contributed by atoms with Gasteiger partial charge in [0.1, 0.15) is 0 Å². The monoisotopic (exact) mass is 354 g/mol. The summed E-state index contributed by atoms with van der Waals surface area (Å²) < 4.78 is 7.03. The molecule has 0 aliphatic carbocycles. The van der Waals surface area contributed by atoms with Gasteiger partial charge < -0.3 is 14.3 Å². The van der Waals surface area contributed by atoms with E-state index in [1.165, 1.54) is 6.26 Å². The van der Waals surface area contributed by atoms with E-state index < -0.39 is 0 Å². The Balaban J connectivity index is 1.52. The second-order valence-corrected chi connectivity index (χ2v) is 5.96. The lowest BCUT2D eigenvalue weighted by Crippen LogP contribution is -2.25. The molecule has 2 heterocycles. The first-order valence-electron chi connectivity index (χ1n) is 8.76. The van der Waals surface area contributed by atoms with Crippen molar-refractivity contribution in [1.82, 2.24) is 14.9 Å². The summed E-state index contributed by atoms with van der Waals surface area (Å²) >= 11 is 0. The largest absolute Gasteiger partial charge is 0.459 e. The number of anilines is 1. The third-order valence-corrected chi connectivity index (χ3v) is 3.96. The molecule has 0 spiro atoms. The van der Waals surface area contributed by atoms with Crippen LogP contribution in [-0.4, -0.2) is 27.9 Å². The molecule has 2 N–H and O–H groups in total. The summed E-state index contributed by atoms with van der Waals surface area (Å²) in [6, 6.07) is 11.1.